The Morgan fingerprint density at radius 3 is 2.91 bits per heavy atom. The molecule has 1 rings (SSSR count). The molecule has 0 spiro atoms. The number of rotatable bonds is 3. The van der Waals surface area contributed by atoms with Crippen molar-refractivity contribution in [1.82, 2.24) is 5.65 Å². The van der Waals surface area contributed by atoms with Gasteiger partial charge >= 0.3 is 0 Å². The molecule has 0 heterocycles. The fourth-order valence-electron chi connectivity index (χ4n) is 0.755. The molecule has 60 valence electrons. The predicted octanol–water partition coefficient (Wildman–Crippen LogP) is 1.50. The van der Waals surface area contributed by atoms with Crippen molar-refractivity contribution in [1.29, 1.82) is 0 Å². The monoisotopic (exact) mass is 156 g/mol. The van der Waals surface area contributed by atoms with Gasteiger partial charge in [0.2, 0.25) is 0 Å². The van der Waals surface area contributed by atoms with Crippen LogP contribution in [0.4, 0.5) is 10.2 Å². The lowest BCUT2D eigenvalue weighted by atomic mass is 10.3. The Morgan fingerprint density at radius 1 is 1.45 bits per heavy atom. The van der Waals surface area contributed by atoms with Crippen LogP contribution in [-0.4, -0.2) is 7.11 Å². The molecule has 11 heavy (non-hydrogen) atoms. The number of nitrogens with one attached hydrogen (secondary N) is 2. The molecule has 3 nitrogen and oxygen atoms in total. The first-order chi connectivity index (χ1) is 5.36. The number of benzene rings is 1. The molecule has 0 saturated carbocycles. The highest BCUT2D eigenvalue weighted by Gasteiger charge is 1.92. The fourth-order valence-corrected chi connectivity index (χ4v) is 0.755. The maximum absolute atomic E-state index is 11.5. The summed E-state index contributed by atoms with van der Waals surface area (Å²) in [5.74, 6) is 0.685. The van der Waals surface area contributed by atoms with Crippen LogP contribution in [0.3, 0.4) is 0 Å². The van der Waals surface area contributed by atoms with E-state index in [4.69, 9.17) is 4.74 Å². The van der Waals surface area contributed by atoms with Gasteiger partial charge in [0.1, 0.15) is 5.75 Å². The van der Waals surface area contributed by atoms with Crippen LogP contribution >= 0.6 is 0 Å². The lowest BCUT2D eigenvalue weighted by Gasteiger charge is -2.03. The van der Waals surface area contributed by atoms with Gasteiger partial charge in [-0.2, -0.15) is 0 Å². The highest BCUT2D eigenvalue weighted by atomic mass is 19.2. The summed E-state index contributed by atoms with van der Waals surface area (Å²) in [5.41, 5.74) is 4.23. The lowest BCUT2D eigenvalue weighted by molar-refractivity contribution is 0.375. The minimum Gasteiger partial charge on any atom is -0.497 e. The Hall–Kier alpha value is -1.29. The van der Waals surface area contributed by atoms with E-state index in [-0.39, 0.29) is 0 Å². The fraction of sp³-hybridized carbons (Fsp3) is 0.143. The molecule has 0 aliphatic carbocycles. The molecule has 0 aliphatic heterocycles. The van der Waals surface area contributed by atoms with Gasteiger partial charge < -0.3 is 4.74 Å². The lowest BCUT2D eigenvalue weighted by Crippen LogP contribution is -2.09. The minimum atomic E-state index is 0.617. The van der Waals surface area contributed by atoms with E-state index in [1.54, 1.807) is 31.4 Å². The number of halogens is 1. The van der Waals surface area contributed by atoms with Gasteiger partial charge in [-0.15, -0.1) is 4.48 Å². The van der Waals surface area contributed by atoms with E-state index < -0.39 is 0 Å². The largest absolute Gasteiger partial charge is 0.497 e. The standard InChI is InChI=1S/C7H9FN2O/c1-11-7-4-2-3-6(5-7)9-10-8/h2-5,9-10H,1H3. The average molecular weight is 156 g/mol. The van der Waals surface area contributed by atoms with Crippen LogP contribution in [0.15, 0.2) is 24.3 Å². The van der Waals surface area contributed by atoms with E-state index >= 15 is 0 Å². The predicted molar refractivity (Wildman–Crippen MR) is 40.9 cm³/mol. The zero-order chi connectivity index (χ0) is 8.10. The first-order valence-electron chi connectivity index (χ1n) is 3.12. The average Bonchev–Trinajstić information content (AvgIpc) is 2.06. The summed E-state index contributed by atoms with van der Waals surface area (Å²) in [6, 6.07) is 6.93. The van der Waals surface area contributed by atoms with Crippen molar-refractivity contribution in [3.8, 4) is 5.75 Å². The van der Waals surface area contributed by atoms with Crippen LogP contribution in [0, 0.1) is 0 Å². The maximum atomic E-state index is 11.5. The summed E-state index contributed by atoms with van der Waals surface area (Å²) in [5, 5.41) is 0. The number of hydrazine groups is 1. The van der Waals surface area contributed by atoms with Crippen LogP contribution < -0.4 is 15.8 Å². The van der Waals surface area contributed by atoms with E-state index in [2.05, 4.69) is 5.43 Å². The molecule has 0 amide bonds. The van der Waals surface area contributed by atoms with Crippen LogP contribution in [0.2, 0.25) is 0 Å². The molecule has 0 atom stereocenters. The number of hydrogen-bond acceptors (Lipinski definition) is 3. The van der Waals surface area contributed by atoms with Crippen molar-refractivity contribution in [2.75, 3.05) is 12.5 Å². The second kappa shape index (κ2) is 3.78. The highest BCUT2D eigenvalue weighted by molar-refractivity contribution is 5.46. The topological polar surface area (TPSA) is 33.3 Å². The molecule has 0 radical (unpaired) electrons. The SMILES string of the molecule is COc1cccc(NNF)c1. The maximum Gasteiger partial charge on any atom is 0.120 e. The third-order valence-electron chi connectivity index (χ3n) is 1.26. The first kappa shape index (κ1) is 7.81. The van der Waals surface area contributed by atoms with Gasteiger partial charge in [-0.05, 0) is 12.1 Å². The third kappa shape index (κ3) is 2.09. The quantitative estimate of drug-likeness (QED) is 0.514. The highest BCUT2D eigenvalue weighted by Crippen LogP contribution is 2.15. The smallest absolute Gasteiger partial charge is 0.120 e. The number of methoxy groups -OCH3 is 1. The molecule has 1 aromatic rings. The van der Waals surface area contributed by atoms with E-state index in [0.717, 1.165) is 0 Å². The van der Waals surface area contributed by atoms with E-state index in [0.29, 0.717) is 11.4 Å². The van der Waals surface area contributed by atoms with Crippen molar-refractivity contribution in [2.24, 2.45) is 0 Å². The van der Waals surface area contributed by atoms with Gasteiger partial charge in [0.25, 0.3) is 0 Å². The number of anilines is 1. The molecular formula is C7H9FN2O. The summed E-state index contributed by atoms with van der Waals surface area (Å²) >= 11 is 0. The Morgan fingerprint density at radius 2 is 2.27 bits per heavy atom. The van der Waals surface area contributed by atoms with Gasteiger partial charge in [0.05, 0.1) is 12.8 Å². The van der Waals surface area contributed by atoms with Gasteiger partial charge in [0.15, 0.2) is 0 Å². The second-order valence-corrected chi connectivity index (χ2v) is 1.95. The zero-order valence-electron chi connectivity index (χ0n) is 6.10. The third-order valence-corrected chi connectivity index (χ3v) is 1.26. The van der Waals surface area contributed by atoms with Crippen molar-refractivity contribution in [3.05, 3.63) is 24.3 Å². The summed E-state index contributed by atoms with van der Waals surface area (Å²) < 4.78 is 16.4. The molecular weight excluding hydrogens is 147 g/mol. The Bertz CT molecular complexity index is 229. The first-order valence-corrected chi connectivity index (χ1v) is 3.12. The van der Waals surface area contributed by atoms with E-state index in [1.807, 2.05) is 0 Å². The Balaban J connectivity index is 2.74. The summed E-state index contributed by atoms with van der Waals surface area (Å²) in [6.07, 6.45) is 0. The van der Waals surface area contributed by atoms with Crippen molar-refractivity contribution in [3.63, 3.8) is 0 Å². The molecule has 4 heteroatoms. The van der Waals surface area contributed by atoms with Crippen LogP contribution in [0.25, 0.3) is 0 Å². The Labute approximate surface area is 64.1 Å². The molecule has 0 aromatic heterocycles. The molecule has 0 bridgehead atoms. The summed E-state index contributed by atoms with van der Waals surface area (Å²) in [6.45, 7) is 0. The summed E-state index contributed by atoms with van der Waals surface area (Å²) in [7, 11) is 1.56. The molecule has 2 N–H and O–H groups in total. The number of hydrogen-bond donors (Lipinski definition) is 2. The zero-order valence-corrected chi connectivity index (χ0v) is 6.10. The minimum absolute atomic E-state index is 0.617. The molecule has 0 fully saturated rings. The van der Waals surface area contributed by atoms with E-state index in [9.17, 15) is 4.48 Å². The van der Waals surface area contributed by atoms with Crippen molar-refractivity contribution >= 4 is 5.69 Å². The van der Waals surface area contributed by atoms with Crippen molar-refractivity contribution in [2.45, 2.75) is 0 Å². The Kier molecular flexibility index (Phi) is 2.68. The van der Waals surface area contributed by atoms with E-state index in [1.165, 1.54) is 5.65 Å². The molecule has 0 aliphatic rings. The molecule has 0 saturated heterocycles. The molecule has 0 unspecified atom stereocenters. The van der Waals surface area contributed by atoms with Crippen LogP contribution in [-0.2, 0) is 0 Å². The normalized spacial score (nSPS) is 9.27. The van der Waals surface area contributed by atoms with Crippen LogP contribution in [0.1, 0.15) is 0 Å². The number of ether oxygens (including phenoxy) is 1. The summed E-state index contributed by atoms with van der Waals surface area (Å²) in [4.78, 5) is 0. The van der Waals surface area contributed by atoms with Gasteiger partial charge in [-0.3, -0.25) is 5.43 Å². The van der Waals surface area contributed by atoms with Gasteiger partial charge in [0, 0.05) is 6.07 Å². The van der Waals surface area contributed by atoms with Crippen LogP contribution in [0.5, 0.6) is 5.75 Å². The second-order valence-electron chi connectivity index (χ2n) is 1.95. The molecule has 1 aromatic carbocycles. The van der Waals surface area contributed by atoms with Crippen molar-refractivity contribution < 1.29 is 9.22 Å². The van der Waals surface area contributed by atoms with Gasteiger partial charge in [-0.1, -0.05) is 11.7 Å². The van der Waals surface area contributed by atoms with Gasteiger partial charge in [-0.25, -0.2) is 0 Å².